The number of nitrogens with zero attached hydrogens (tertiary/aromatic N) is 2. The summed E-state index contributed by atoms with van der Waals surface area (Å²) in [6, 6.07) is 5.06. The van der Waals surface area contributed by atoms with Crippen molar-refractivity contribution in [2.24, 2.45) is 0 Å². The van der Waals surface area contributed by atoms with Crippen LogP contribution in [0.3, 0.4) is 0 Å². The number of benzene rings is 1. The van der Waals surface area contributed by atoms with Gasteiger partial charge in [-0.2, -0.15) is 0 Å². The molecule has 25 heavy (non-hydrogen) atoms. The summed E-state index contributed by atoms with van der Waals surface area (Å²) in [6.45, 7) is 1.66. The Bertz CT molecular complexity index is 740. The third-order valence-electron chi connectivity index (χ3n) is 5.09. The molecule has 0 bridgehead atoms. The Morgan fingerprint density at radius 2 is 2.04 bits per heavy atom. The molecule has 1 aromatic rings. The maximum absolute atomic E-state index is 13.2. The van der Waals surface area contributed by atoms with Crippen LogP contribution in [0.5, 0.6) is 0 Å². The summed E-state index contributed by atoms with van der Waals surface area (Å²) in [7, 11) is 1.66. The summed E-state index contributed by atoms with van der Waals surface area (Å²) in [6.07, 6.45) is 2.02. The zero-order valence-corrected chi connectivity index (χ0v) is 14.0. The minimum atomic E-state index is -0.554. The molecule has 1 aromatic carbocycles. The van der Waals surface area contributed by atoms with E-state index in [9.17, 15) is 14.0 Å². The van der Waals surface area contributed by atoms with Gasteiger partial charge in [-0.3, -0.25) is 9.69 Å². The average Bonchev–Trinajstić information content (AvgIpc) is 3.22. The van der Waals surface area contributed by atoms with E-state index in [0.717, 1.165) is 19.4 Å². The Balaban J connectivity index is 1.64. The molecule has 0 spiro atoms. The summed E-state index contributed by atoms with van der Waals surface area (Å²) < 4.78 is 18.9. The molecule has 6 nitrogen and oxygen atoms in total. The highest BCUT2D eigenvalue weighted by Crippen LogP contribution is 2.36. The lowest BCUT2D eigenvalue weighted by Gasteiger charge is -2.31. The van der Waals surface area contributed by atoms with Gasteiger partial charge in [-0.1, -0.05) is 12.1 Å². The lowest BCUT2D eigenvalue weighted by atomic mass is 9.96. The Labute approximate surface area is 145 Å². The van der Waals surface area contributed by atoms with Gasteiger partial charge < -0.3 is 15.0 Å². The molecule has 3 aliphatic heterocycles. The monoisotopic (exact) mass is 345 g/mol. The predicted octanol–water partition coefficient (Wildman–Crippen LogP) is 1.80. The van der Waals surface area contributed by atoms with Gasteiger partial charge in [-0.05, 0) is 30.5 Å². The molecular formula is C18H20FN3O3. The lowest BCUT2D eigenvalue weighted by molar-refractivity contribution is -0.127. The molecule has 1 fully saturated rings. The van der Waals surface area contributed by atoms with E-state index < -0.39 is 6.04 Å². The number of rotatable bonds is 3. The van der Waals surface area contributed by atoms with Gasteiger partial charge in [0.25, 0.3) is 5.91 Å². The fourth-order valence-corrected chi connectivity index (χ4v) is 3.71. The van der Waals surface area contributed by atoms with Crippen LogP contribution in [0.15, 0.2) is 35.5 Å². The van der Waals surface area contributed by atoms with Gasteiger partial charge in [0.15, 0.2) is 0 Å². The molecule has 2 atom stereocenters. The third-order valence-corrected chi connectivity index (χ3v) is 5.09. The predicted molar refractivity (Wildman–Crippen MR) is 88.0 cm³/mol. The molecule has 0 radical (unpaired) electrons. The fraction of sp³-hybridized carbons (Fsp3) is 0.444. The fourth-order valence-electron chi connectivity index (χ4n) is 3.71. The molecule has 7 heteroatoms. The van der Waals surface area contributed by atoms with Gasteiger partial charge in [0.2, 0.25) is 0 Å². The van der Waals surface area contributed by atoms with Crippen molar-refractivity contribution < 1.29 is 18.7 Å². The van der Waals surface area contributed by atoms with E-state index in [2.05, 4.69) is 5.32 Å². The van der Waals surface area contributed by atoms with Crippen molar-refractivity contribution in [2.75, 3.05) is 26.7 Å². The molecule has 1 N–H and O–H groups in total. The SMILES string of the molecule is CN1C(=O)N[C@@H](c2ccc(F)cc2)C2=C1CN(C[C@@H]1CCCO1)C2=O. The molecule has 132 valence electrons. The van der Waals surface area contributed by atoms with Gasteiger partial charge in [0.05, 0.1) is 30.0 Å². The molecule has 0 unspecified atom stereocenters. The molecule has 0 aromatic heterocycles. The number of urea groups is 1. The molecule has 4 rings (SSSR count). The largest absolute Gasteiger partial charge is 0.376 e. The maximum atomic E-state index is 13.2. The van der Waals surface area contributed by atoms with E-state index in [-0.39, 0.29) is 23.9 Å². The Morgan fingerprint density at radius 1 is 1.28 bits per heavy atom. The normalized spacial score (nSPS) is 26.3. The highest BCUT2D eigenvalue weighted by atomic mass is 19.1. The standard InChI is InChI=1S/C18H20FN3O3/c1-21-14-10-22(9-13-3-2-8-25-13)17(23)15(14)16(20-18(21)24)11-4-6-12(19)7-5-11/h4-7,13,16H,2-3,8-10H2,1H3,(H,20,24)/t13-,16-/m0/s1. The summed E-state index contributed by atoms with van der Waals surface area (Å²) in [4.78, 5) is 28.5. The van der Waals surface area contributed by atoms with Crippen LogP contribution in [-0.2, 0) is 9.53 Å². The van der Waals surface area contributed by atoms with Crippen molar-refractivity contribution in [1.82, 2.24) is 15.1 Å². The number of halogens is 1. The zero-order valence-electron chi connectivity index (χ0n) is 14.0. The van der Waals surface area contributed by atoms with Crippen LogP contribution in [0.25, 0.3) is 0 Å². The number of ether oxygens (including phenoxy) is 1. The third kappa shape index (κ3) is 2.78. The first-order valence-electron chi connectivity index (χ1n) is 8.48. The smallest absolute Gasteiger partial charge is 0.322 e. The minimum absolute atomic E-state index is 0.0588. The van der Waals surface area contributed by atoms with Crippen molar-refractivity contribution in [3.8, 4) is 0 Å². The second-order valence-corrected chi connectivity index (χ2v) is 6.67. The molecule has 3 aliphatic rings. The van der Waals surface area contributed by atoms with Crippen LogP contribution in [0.4, 0.5) is 9.18 Å². The van der Waals surface area contributed by atoms with Crippen molar-refractivity contribution >= 4 is 11.9 Å². The first-order chi connectivity index (χ1) is 12.0. The van der Waals surface area contributed by atoms with Crippen LogP contribution in [0.1, 0.15) is 24.4 Å². The van der Waals surface area contributed by atoms with Crippen LogP contribution >= 0.6 is 0 Å². The number of likely N-dealkylation sites (N-methyl/N-ethyl adjacent to an activating group) is 1. The van der Waals surface area contributed by atoms with Crippen LogP contribution in [0.2, 0.25) is 0 Å². The van der Waals surface area contributed by atoms with E-state index >= 15 is 0 Å². The molecule has 0 aliphatic carbocycles. The number of amides is 3. The van der Waals surface area contributed by atoms with Gasteiger partial charge >= 0.3 is 6.03 Å². The maximum Gasteiger partial charge on any atom is 0.322 e. The molecule has 3 amide bonds. The summed E-state index contributed by atoms with van der Waals surface area (Å²) in [5.74, 6) is -0.443. The number of carbonyl (C=O) groups is 2. The summed E-state index contributed by atoms with van der Waals surface area (Å²) in [5, 5.41) is 2.85. The first-order valence-corrected chi connectivity index (χ1v) is 8.48. The summed E-state index contributed by atoms with van der Waals surface area (Å²) in [5.41, 5.74) is 1.97. The van der Waals surface area contributed by atoms with Gasteiger partial charge in [0, 0.05) is 20.2 Å². The number of nitrogens with one attached hydrogen (secondary N) is 1. The van der Waals surface area contributed by atoms with Crippen molar-refractivity contribution in [1.29, 1.82) is 0 Å². The lowest BCUT2D eigenvalue weighted by Crippen LogP contribution is -2.45. The average molecular weight is 345 g/mol. The number of hydrogen-bond acceptors (Lipinski definition) is 3. The van der Waals surface area contributed by atoms with E-state index in [4.69, 9.17) is 4.74 Å². The van der Waals surface area contributed by atoms with Gasteiger partial charge in [0.1, 0.15) is 5.82 Å². The Kier molecular flexibility index (Phi) is 3.95. The topological polar surface area (TPSA) is 61.9 Å². The zero-order chi connectivity index (χ0) is 17.6. The van der Waals surface area contributed by atoms with Crippen LogP contribution in [-0.4, -0.2) is 54.6 Å². The van der Waals surface area contributed by atoms with Crippen LogP contribution < -0.4 is 5.32 Å². The summed E-state index contributed by atoms with van der Waals surface area (Å²) >= 11 is 0. The van der Waals surface area contributed by atoms with Crippen molar-refractivity contribution in [3.63, 3.8) is 0 Å². The van der Waals surface area contributed by atoms with Crippen molar-refractivity contribution in [3.05, 3.63) is 46.9 Å². The highest BCUT2D eigenvalue weighted by Gasteiger charge is 2.43. The van der Waals surface area contributed by atoms with E-state index in [1.807, 2.05) is 0 Å². The molecule has 1 saturated heterocycles. The molecule has 3 heterocycles. The van der Waals surface area contributed by atoms with Crippen LogP contribution in [0, 0.1) is 5.82 Å². The highest BCUT2D eigenvalue weighted by molar-refractivity contribution is 6.01. The van der Waals surface area contributed by atoms with E-state index in [1.165, 1.54) is 17.0 Å². The van der Waals surface area contributed by atoms with Gasteiger partial charge in [-0.25, -0.2) is 9.18 Å². The molecular weight excluding hydrogens is 325 g/mol. The van der Waals surface area contributed by atoms with E-state index in [1.54, 1.807) is 24.1 Å². The number of hydrogen-bond donors (Lipinski definition) is 1. The van der Waals surface area contributed by atoms with Crippen molar-refractivity contribution in [2.45, 2.75) is 25.0 Å². The Morgan fingerprint density at radius 3 is 2.72 bits per heavy atom. The number of carbonyl (C=O) groups excluding carboxylic acids is 2. The van der Waals surface area contributed by atoms with Gasteiger partial charge in [-0.15, -0.1) is 0 Å². The quantitative estimate of drug-likeness (QED) is 0.909. The minimum Gasteiger partial charge on any atom is -0.376 e. The Hall–Kier alpha value is -2.41. The second-order valence-electron chi connectivity index (χ2n) is 6.67. The molecule has 0 saturated carbocycles. The second kappa shape index (κ2) is 6.15. The van der Waals surface area contributed by atoms with E-state index in [0.29, 0.717) is 29.9 Å². The first kappa shape index (κ1) is 16.1.